The fourth-order valence-electron chi connectivity index (χ4n) is 5.05. The Kier molecular flexibility index (Phi) is 6.37. The molecule has 37 heavy (non-hydrogen) atoms. The summed E-state index contributed by atoms with van der Waals surface area (Å²) in [6, 6.07) is 3.54. The first-order valence-corrected chi connectivity index (χ1v) is 12.4. The molecule has 0 aromatic carbocycles. The Labute approximate surface area is 214 Å². The SMILES string of the molecule is CCOc1nc(N2CCN(C(=N)N(C)C#N)CC2)ccc1NC(=O)c1coc2c1C(=O)NC1(CCC1)C2. The summed E-state index contributed by atoms with van der Waals surface area (Å²) in [5, 5.41) is 23.0. The molecule has 3 aliphatic rings. The number of nitrogens with zero attached hydrogens (tertiary/aromatic N) is 5. The van der Waals surface area contributed by atoms with Crippen molar-refractivity contribution in [3.8, 4) is 12.1 Å². The van der Waals surface area contributed by atoms with Gasteiger partial charge in [-0.1, -0.05) is 0 Å². The number of anilines is 2. The van der Waals surface area contributed by atoms with Crippen molar-refractivity contribution < 1.29 is 18.7 Å². The number of carbonyl (C=O) groups is 2. The van der Waals surface area contributed by atoms with Crippen LogP contribution in [-0.2, 0) is 6.42 Å². The van der Waals surface area contributed by atoms with E-state index >= 15 is 0 Å². The van der Waals surface area contributed by atoms with Crippen molar-refractivity contribution in [3.05, 3.63) is 35.3 Å². The van der Waals surface area contributed by atoms with E-state index in [0.717, 1.165) is 19.3 Å². The zero-order chi connectivity index (χ0) is 26.2. The molecule has 0 unspecified atom stereocenters. The minimum Gasteiger partial charge on any atom is -0.476 e. The van der Waals surface area contributed by atoms with Crippen molar-refractivity contribution in [2.24, 2.45) is 0 Å². The van der Waals surface area contributed by atoms with Crippen LogP contribution in [0, 0.1) is 16.9 Å². The maximum atomic E-state index is 13.2. The molecule has 2 fully saturated rings. The molecule has 1 spiro atoms. The van der Waals surface area contributed by atoms with E-state index in [9.17, 15) is 9.59 Å². The number of carbonyl (C=O) groups excluding carboxylic acids is 2. The zero-order valence-electron chi connectivity index (χ0n) is 21.0. The molecule has 5 rings (SSSR count). The van der Waals surface area contributed by atoms with Gasteiger partial charge in [-0.2, -0.15) is 10.2 Å². The molecule has 194 valence electrons. The monoisotopic (exact) mass is 506 g/mol. The molecule has 3 N–H and O–H groups in total. The van der Waals surface area contributed by atoms with Gasteiger partial charge in [-0.3, -0.25) is 19.9 Å². The summed E-state index contributed by atoms with van der Waals surface area (Å²) in [4.78, 5) is 35.7. The third-order valence-corrected chi connectivity index (χ3v) is 7.27. The van der Waals surface area contributed by atoms with Crippen LogP contribution in [0.5, 0.6) is 5.88 Å². The van der Waals surface area contributed by atoms with E-state index in [0.29, 0.717) is 62.0 Å². The molecule has 0 atom stereocenters. The van der Waals surface area contributed by atoms with Crippen molar-refractivity contribution in [2.75, 3.05) is 50.1 Å². The van der Waals surface area contributed by atoms with E-state index < -0.39 is 5.91 Å². The first-order valence-electron chi connectivity index (χ1n) is 12.4. The van der Waals surface area contributed by atoms with Crippen LogP contribution >= 0.6 is 0 Å². The van der Waals surface area contributed by atoms with Crippen molar-refractivity contribution in [3.63, 3.8) is 0 Å². The third kappa shape index (κ3) is 4.52. The van der Waals surface area contributed by atoms with Crippen LogP contribution in [-0.4, -0.2) is 77.9 Å². The fraction of sp³-hybridized carbons (Fsp3) is 0.480. The lowest BCUT2D eigenvalue weighted by Crippen LogP contribution is -2.57. The molecule has 0 radical (unpaired) electrons. The zero-order valence-corrected chi connectivity index (χ0v) is 21.0. The number of guanidine groups is 1. The smallest absolute Gasteiger partial charge is 0.259 e. The van der Waals surface area contributed by atoms with E-state index in [4.69, 9.17) is 19.8 Å². The van der Waals surface area contributed by atoms with E-state index in [2.05, 4.69) is 20.5 Å². The summed E-state index contributed by atoms with van der Waals surface area (Å²) in [7, 11) is 1.56. The van der Waals surface area contributed by atoms with Gasteiger partial charge < -0.3 is 29.6 Å². The number of hydrogen-bond acceptors (Lipinski definition) is 8. The number of fused-ring (bicyclic) bond motifs is 1. The van der Waals surface area contributed by atoms with E-state index in [1.165, 1.54) is 11.2 Å². The van der Waals surface area contributed by atoms with Crippen LogP contribution in [0.2, 0.25) is 0 Å². The van der Waals surface area contributed by atoms with Gasteiger partial charge in [-0.25, -0.2) is 0 Å². The summed E-state index contributed by atoms with van der Waals surface area (Å²) in [6.07, 6.45) is 6.81. The van der Waals surface area contributed by atoms with Crippen LogP contribution in [0.25, 0.3) is 0 Å². The molecular formula is C25H30N8O4. The molecule has 2 aromatic heterocycles. The van der Waals surface area contributed by atoms with Crippen molar-refractivity contribution >= 4 is 29.3 Å². The fourth-order valence-corrected chi connectivity index (χ4v) is 5.05. The minimum absolute atomic E-state index is 0.168. The number of nitrogens with one attached hydrogen (secondary N) is 3. The second-order valence-electron chi connectivity index (χ2n) is 9.58. The molecule has 2 aliphatic heterocycles. The summed E-state index contributed by atoms with van der Waals surface area (Å²) in [5.41, 5.74) is 0.653. The number of piperazine rings is 1. The Balaban J connectivity index is 1.29. The molecule has 1 saturated carbocycles. The van der Waals surface area contributed by atoms with E-state index in [1.807, 2.05) is 18.0 Å². The van der Waals surface area contributed by atoms with Gasteiger partial charge in [-0.05, 0) is 38.3 Å². The van der Waals surface area contributed by atoms with Crippen LogP contribution < -0.4 is 20.3 Å². The highest BCUT2D eigenvalue weighted by atomic mass is 16.5. The average Bonchev–Trinajstić information content (AvgIpc) is 3.33. The Bertz CT molecular complexity index is 1270. The Morgan fingerprint density at radius 2 is 2.11 bits per heavy atom. The van der Waals surface area contributed by atoms with E-state index in [1.54, 1.807) is 19.2 Å². The second-order valence-corrected chi connectivity index (χ2v) is 9.58. The average molecular weight is 507 g/mol. The highest BCUT2D eigenvalue weighted by Gasteiger charge is 2.45. The van der Waals surface area contributed by atoms with E-state index in [-0.39, 0.29) is 28.8 Å². The number of aromatic nitrogens is 1. The van der Waals surface area contributed by atoms with Crippen LogP contribution in [0.1, 0.15) is 52.7 Å². The maximum Gasteiger partial charge on any atom is 0.259 e. The van der Waals surface area contributed by atoms with Crippen LogP contribution in [0.15, 0.2) is 22.8 Å². The minimum atomic E-state index is -0.464. The van der Waals surface area contributed by atoms with Gasteiger partial charge in [0.15, 0.2) is 6.19 Å². The van der Waals surface area contributed by atoms with Gasteiger partial charge in [0.25, 0.3) is 11.8 Å². The lowest BCUT2D eigenvalue weighted by Gasteiger charge is -2.44. The predicted molar refractivity (Wildman–Crippen MR) is 135 cm³/mol. The third-order valence-electron chi connectivity index (χ3n) is 7.27. The summed E-state index contributed by atoms with van der Waals surface area (Å²) < 4.78 is 11.4. The Morgan fingerprint density at radius 1 is 1.35 bits per heavy atom. The van der Waals surface area contributed by atoms with Gasteiger partial charge >= 0.3 is 0 Å². The molecule has 12 heteroatoms. The van der Waals surface area contributed by atoms with Gasteiger partial charge in [0.05, 0.1) is 17.7 Å². The quantitative estimate of drug-likeness (QED) is 0.239. The second kappa shape index (κ2) is 9.65. The summed E-state index contributed by atoms with van der Waals surface area (Å²) >= 11 is 0. The molecule has 0 bridgehead atoms. The van der Waals surface area contributed by atoms with Crippen LogP contribution in [0.4, 0.5) is 11.5 Å². The maximum absolute atomic E-state index is 13.2. The lowest BCUT2D eigenvalue weighted by molar-refractivity contribution is 0.0775. The van der Waals surface area contributed by atoms with Gasteiger partial charge in [0, 0.05) is 45.2 Å². The number of amides is 2. The predicted octanol–water partition coefficient (Wildman–Crippen LogP) is 2.00. The molecule has 1 saturated heterocycles. The van der Waals surface area contributed by atoms with Gasteiger partial charge in [-0.15, -0.1) is 0 Å². The normalized spacial score (nSPS) is 17.8. The first kappa shape index (κ1) is 24.4. The van der Waals surface area contributed by atoms with Crippen molar-refractivity contribution in [2.45, 2.75) is 38.1 Å². The topological polar surface area (TPSA) is 151 Å². The summed E-state index contributed by atoms with van der Waals surface area (Å²) in [5.74, 6) is 0.956. The van der Waals surface area contributed by atoms with Gasteiger partial charge in [0.2, 0.25) is 11.8 Å². The Hall–Kier alpha value is -4.27. The molecule has 2 amide bonds. The lowest BCUT2D eigenvalue weighted by atomic mass is 9.71. The largest absolute Gasteiger partial charge is 0.476 e. The number of ether oxygens (including phenoxy) is 1. The molecule has 4 heterocycles. The first-order chi connectivity index (χ1) is 17.8. The number of furan rings is 1. The Morgan fingerprint density at radius 3 is 2.76 bits per heavy atom. The van der Waals surface area contributed by atoms with Crippen molar-refractivity contribution in [1.29, 1.82) is 10.7 Å². The molecule has 2 aromatic rings. The summed E-state index contributed by atoms with van der Waals surface area (Å²) in [6.45, 7) is 4.57. The number of rotatable bonds is 5. The highest BCUT2D eigenvalue weighted by Crippen LogP contribution is 2.40. The van der Waals surface area contributed by atoms with Gasteiger partial charge in [0.1, 0.15) is 23.5 Å². The van der Waals surface area contributed by atoms with Crippen LogP contribution in [0.3, 0.4) is 0 Å². The molecule has 12 nitrogen and oxygen atoms in total. The molecular weight excluding hydrogens is 476 g/mol. The highest BCUT2D eigenvalue weighted by molar-refractivity contribution is 6.13. The number of pyridine rings is 1. The van der Waals surface area contributed by atoms with Crippen molar-refractivity contribution in [1.82, 2.24) is 20.1 Å². The molecule has 1 aliphatic carbocycles. The standard InChI is InChI=1S/C25H30N8O4/c1-3-36-23-17(5-6-19(29-23)32-9-11-33(12-10-32)24(27)31(2)15-26)28-21(34)16-14-37-18-13-25(7-4-8-25)30-22(35)20(16)18/h5-6,14,27H,3-4,7-13H2,1-2H3,(H,28,34)(H,30,35). The number of nitriles is 1. The number of hydrogen-bond donors (Lipinski definition) is 3.